The van der Waals surface area contributed by atoms with Gasteiger partial charge in [-0.15, -0.1) is 0 Å². The summed E-state index contributed by atoms with van der Waals surface area (Å²) < 4.78 is 2.41. The Morgan fingerprint density at radius 2 is 1.43 bits per heavy atom. The van der Waals surface area contributed by atoms with Gasteiger partial charge in [0.05, 0.1) is 16.6 Å². The van der Waals surface area contributed by atoms with Crippen molar-refractivity contribution in [1.29, 1.82) is 0 Å². The number of para-hydroxylation sites is 1. The van der Waals surface area contributed by atoms with Crippen LogP contribution in [-0.2, 0) is 12.8 Å². The summed E-state index contributed by atoms with van der Waals surface area (Å²) in [5, 5.41) is 3.90. The molecule has 2 nitrogen and oxygen atoms in total. The van der Waals surface area contributed by atoms with Crippen molar-refractivity contribution in [1.82, 2.24) is 9.38 Å². The van der Waals surface area contributed by atoms with Crippen molar-refractivity contribution in [3.8, 4) is 0 Å². The molecule has 0 aliphatic heterocycles. The first-order chi connectivity index (χ1) is 19.3. The Morgan fingerprint density at radius 3 is 2.17 bits per heavy atom. The number of hydrogen-bond donors (Lipinski definition) is 0. The number of fused-ring (bicyclic) bond motifs is 8. The van der Waals surface area contributed by atoms with E-state index in [1.807, 2.05) is 0 Å². The summed E-state index contributed by atoms with van der Waals surface area (Å²) in [6.07, 6.45) is 13.9. The Labute approximate surface area is 242 Å². The van der Waals surface area contributed by atoms with E-state index in [2.05, 4.69) is 107 Å². The molecule has 0 bridgehead atoms. The summed E-state index contributed by atoms with van der Waals surface area (Å²) in [4.78, 5) is 5.33. The molecular formula is C38H50N2. The van der Waals surface area contributed by atoms with Crippen LogP contribution in [0.4, 0.5) is 0 Å². The molecular weight excluding hydrogens is 484 g/mol. The van der Waals surface area contributed by atoms with E-state index in [4.69, 9.17) is 4.98 Å². The molecule has 5 rings (SSSR count). The third kappa shape index (κ3) is 5.39. The van der Waals surface area contributed by atoms with Crippen LogP contribution < -0.4 is 0 Å². The molecule has 1 atom stereocenters. The Bertz CT molecular complexity index is 1600. The second kappa shape index (κ2) is 11.9. The molecule has 3 aromatic carbocycles. The molecule has 0 saturated carbocycles. The van der Waals surface area contributed by atoms with Crippen LogP contribution in [0.15, 0.2) is 60.7 Å². The van der Waals surface area contributed by atoms with Crippen LogP contribution in [-0.4, -0.2) is 9.38 Å². The summed E-state index contributed by atoms with van der Waals surface area (Å²) in [5.41, 5.74) is 8.07. The van der Waals surface area contributed by atoms with Gasteiger partial charge in [-0.1, -0.05) is 116 Å². The zero-order chi connectivity index (χ0) is 28.3. The first-order valence-electron chi connectivity index (χ1n) is 16.1. The zero-order valence-corrected chi connectivity index (χ0v) is 25.9. The lowest BCUT2D eigenvalue weighted by atomic mass is 9.59. The minimum Gasteiger partial charge on any atom is -0.292 e. The fourth-order valence-corrected chi connectivity index (χ4v) is 7.12. The molecule has 0 amide bonds. The monoisotopic (exact) mass is 534 g/mol. The normalized spacial score (nSPS) is 14.1. The molecule has 0 aliphatic carbocycles. The van der Waals surface area contributed by atoms with Gasteiger partial charge >= 0.3 is 0 Å². The Hall–Kier alpha value is -2.87. The van der Waals surface area contributed by atoms with Crippen LogP contribution in [0.1, 0.15) is 110 Å². The highest BCUT2D eigenvalue weighted by atomic mass is 15.0. The van der Waals surface area contributed by atoms with Crippen LogP contribution in [0.25, 0.3) is 38.4 Å². The maximum Gasteiger partial charge on any atom is 0.146 e. The van der Waals surface area contributed by atoms with Crippen LogP contribution in [0.5, 0.6) is 0 Å². The second-order valence-electron chi connectivity index (χ2n) is 13.3. The molecule has 0 spiro atoms. The molecule has 1 unspecified atom stereocenters. The van der Waals surface area contributed by atoms with E-state index in [1.54, 1.807) is 0 Å². The minimum atomic E-state index is 0.250. The van der Waals surface area contributed by atoms with Crippen molar-refractivity contribution in [2.45, 2.75) is 112 Å². The van der Waals surface area contributed by atoms with Gasteiger partial charge in [-0.05, 0) is 83.7 Å². The maximum atomic E-state index is 5.33. The fraction of sp³-hybridized carbons (Fsp3) is 0.500. The molecule has 0 fully saturated rings. The van der Waals surface area contributed by atoms with E-state index < -0.39 is 0 Å². The van der Waals surface area contributed by atoms with Crippen LogP contribution in [0.2, 0.25) is 0 Å². The van der Waals surface area contributed by atoms with Crippen molar-refractivity contribution in [3.05, 3.63) is 71.8 Å². The molecule has 40 heavy (non-hydrogen) atoms. The lowest BCUT2D eigenvalue weighted by Crippen LogP contribution is -2.37. The van der Waals surface area contributed by atoms with Gasteiger partial charge in [-0.25, -0.2) is 4.98 Å². The van der Waals surface area contributed by atoms with Gasteiger partial charge in [0.2, 0.25) is 0 Å². The maximum absolute atomic E-state index is 5.33. The number of benzene rings is 3. The average molecular weight is 535 g/mol. The third-order valence-electron chi connectivity index (χ3n) is 9.87. The summed E-state index contributed by atoms with van der Waals surface area (Å²) in [6.45, 7) is 14.3. The van der Waals surface area contributed by atoms with Crippen molar-refractivity contribution < 1.29 is 0 Å². The lowest BCUT2D eigenvalue weighted by molar-refractivity contribution is 0.0657. The fourth-order valence-electron chi connectivity index (χ4n) is 7.12. The first kappa shape index (κ1) is 28.7. The highest BCUT2D eigenvalue weighted by Gasteiger charge is 2.39. The van der Waals surface area contributed by atoms with Gasteiger partial charge in [0.1, 0.15) is 5.65 Å². The lowest BCUT2D eigenvalue weighted by Gasteiger charge is -2.45. The molecule has 0 radical (unpaired) electrons. The summed E-state index contributed by atoms with van der Waals surface area (Å²) in [5.74, 6) is 0. The number of rotatable bonds is 12. The van der Waals surface area contributed by atoms with Gasteiger partial charge in [0, 0.05) is 10.8 Å². The van der Waals surface area contributed by atoms with Gasteiger partial charge in [0.15, 0.2) is 0 Å². The average Bonchev–Trinajstić information content (AvgIpc) is 3.34. The Morgan fingerprint density at radius 1 is 0.675 bits per heavy atom. The van der Waals surface area contributed by atoms with Crippen molar-refractivity contribution in [3.63, 3.8) is 0 Å². The number of imidazole rings is 1. The highest BCUT2D eigenvalue weighted by Crippen LogP contribution is 2.48. The number of pyridine rings is 1. The highest BCUT2D eigenvalue weighted by molar-refractivity contribution is 6.13. The summed E-state index contributed by atoms with van der Waals surface area (Å²) in [7, 11) is 0. The van der Waals surface area contributed by atoms with E-state index in [-0.39, 0.29) is 10.8 Å². The number of hydrogen-bond acceptors (Lipinski definition) is 1. The number of nitrogens with zero attached hydrogens (tertiary/aromatic N) is 2. The van der Waals surface area contributed by atoms with Crippen LogP contribution >= 0.6 is 0 Å². The Kier molecular flexibility index (Phi) is 8.55. The van der Waals surface area contributed by atoms with Gasteiger partial charge in [-0.3, -0.25) is 4.40 Å². The van der Waals surface area contributed by atoms with Crippen LogP contribution in [0.3, 0.4) is 0 Å². The molecule has 2 heterocycles. The Balaban J connectivity index is 1.63. The molecule has 212 valence electrons. The number of aromatic nitrogens is 2. The number of aryl methyl sites for hydroxylation is 1. The summed E-state index contributed by atoms with van der Waals surface area (Å²) in [6, 6.07) is 23.1. The molecule has 2 heteroatoms. The molecule has 2 aromatic heterocycles. The third-order valence-corrected chi connectivity index (χ3v) is 9.87. The zero-order valence-electron chi connectivity index (χ0n) is 25.9. The standard InChI is InChI=1S/C38H50N2/c1-7-10-12-13-14-17-28-21-23-35-33(26-28)39-36-32-25-29(27-38(9-3,24-11-8-2)37(4,5)6)20-22-30(32)31-18-15-16-19-34(31)40(35)36/h15-16,18-23,25-26H,7-14,17,24,27H2,1-6H3. The molecule has 0 aliphatic rings. The van der Waals surface area contributed by atoms with E-state index in [9.17, 15) is 0 Å². The summed E-state index contributed by atoms with van der Waals surface area (Å²) >= 11 is 0. The largest absolute Gasteiger partial charge is 0.292 e. The predicted octanol–water partition coefficient (Wildman–Crippen LogP) is 11.5. The molecule has 0 saturated heterocycles. The van der Waals surface area contributed by atoms with Gasteiger partial charge in [-0.2, -0.15) is 0 Å². The van der Waals surface area contributed by atoms with Gasteiger partial charge in [0.25, 0.3) is 0 Å². The topological polar surface area (TPSA) is 17.3 Å². The van der Waals surface area contributed by atoms with E-state index in [0.29, 0.717) is 0 Å². The quantitative estimate of drug-likeness (QED) is 0.115. The minimum absolute atomic E-state index is 0.250. The van der Waals surface area contributed by atoms with Crippen LogP contribution in [0, 0.1) is 10.8 Å². The second-order valence-corrected chi connectivity index (χ2v) is 13.3. The molecule has 5 aromatic rings. The SMILES string of the molecule is CCCCCCCc1ccc2c(c1)nc1c3cc(CC(CC)(CCCC)C(C)(C)C)ccc3c3ccccc3n21. The first-order valence-corrected chi connectivity index (χ1v) is 16.1. The van der Waals surface area contributed by atoms with E-state index in [0.717, 1.165) is 24.0 Å². The van der Waals surface area contributed by atoms with Crippen molar-refractivity contribution in [2.75, 3.05) is 0 Å². The van der Waals surface area contributed by atoms with E-state index >= 15 is 0 Å². The van der Waals surface area contributed by atoms with Crippen molar-refractivity contribution in [2.24, 2.45) is 10.8 Å². The van der Waals surface area contributed by atoms with Gasteiger partial charge < -0.3 is 0 Å². The smallest absolute Gasteiger partial charge is 0.146 e. The molecule has 0 N–H and O–H groups in total. The predicted molar refractivity (Wildman–Crippen MR) is 176 cm³/mol. The van der Waals surface area contributed by atoms with Crippen molar-refractivity contribution >= 4 is 38.4 Å². The number of unbranched alkanes of at least 4 members (excludes halogenated alkanes) is 5. The van der Waals surface area contributed by atoms with E-state index in [1.165, 1.54) is 96.1 Å².